The zero-order valence-electron chi connectivity index (χ0n) is 33.3. The highest BCUT2D eigenvalue weighted by Gasteiger charge is 2.21. The summed E-state index contributed by atoms with van der Waals surface area (Å²) in [5.74, 6) is -2.51. The summed E-state index contributed by atoms with van der Waals surface area (Å²) >= 11 is 0. The highest BCUT2D eigenvalue weighted by atomic mass is 16.4. The third kappa shape index (κ3) is 30.0. The Balaban J connectivity index is 3.91. The largest absolute Gasteiger partial charge is 0.481 e. The molecule has 0 aromatic heterocycles. The zero-order chi connectivity index (χ0) is 40.6. The summed E-state index contributed by atoms with van der Waals surface area (Å²) in [5.41, 5.74) is 12.0. The molecule has 0 unspecified atom stereocenters. The second-order valence-electron chi connectivity index (χ2n) is 14.9. The van der Waals surface area contributed by atoms with Gasteiger partial charge in [0.2, 0.25) is 17.7 Å². The van der Waals surface area contributed by atoms with Crippen molar-refractivity contribution in [2.45, 2.75) is 192 Å². The minimum Gasteiger partial charge on any atom is -0.481 e. The van der Waals surface area contributed by atoms with E-state index in [9.17, 15) is 38.7 Å². The van der Waals surface area contributed by atoms with Gasteiger partial charge < -0.3 is 37.6 Å². The van der Waals surface area contributed by atoms with Crippen LogP contribution in [0.1, 0.15) is 174 Å². The van der Waals surface area contributed by atoms with Crippen molar-refractivity contribution in [3.05, 3.63) is 0 Å². The van der Waals surface area contributed by atoms with Gasteiger partial charge in [0, 0.05) is 44.7 Å². The van der Waals surface area contributed by atoms with Crippen molar-refractivity contribution in [3.8, 4) is 0 Å². The molecule has 54 heavy (non-hydrogen) atoms. The van der Waals surface area contributed by atoms with Gasteiger partial charge in [-0.15, -0.1) is 0 Å². The van der Waals surface area contributed by atoms with Gasteiger partial charge in [0.05, 0.1) is 12.1 Å². The molecule has 0 fully saturated rings. The van der Waals surface area contributed by atoms with Crippen LogP contribution < -0.4 is 27.4 Å². The lowest BCUT2D eigenvalue weighted by Crippen LogP contribution is -2.41. The Morgan fingerprint density at radius 3 is 1.43 bits per heavy atom. The molecule has 3 amide bonds. The van der Waals surface area contributed by atoms with Gasteiger partial charge in [0.1, 0.15) is 17.6 Å². The van der Waals surface area contributed by atoms with Crippen molar-refractivity contribution < 1.29 is 43.8 Å². The fraction of sp³-hybridized carbons (Fsp3) is 0.825. The number of amides is 3. The maximum absolute atomic E-state index is 12.4. The monoisotopic (exact) mass is 768 g/mol. The van der Waals surface area contributed by atoms with E-state index in [-0.39, 0.29) is 60.9 Å². The second-order valence-corrected chi connectivity index (χ2v) is 14.9. The van der Waals surface area contributed by atoms with Gasteiger partial charge in [-0.25, -0.2) is 4.79 Å². The lowest BCUT2D eigenvalue weighted by atomic mass is 10.0. The molecule has 0 aromatic carbocycles. The fourth-order valence-corrected chi connectivity index (χ4v) is 6.01. The molecule has 9 N–H and O–H groups in total. The molecule has 0 heterocycles. The molecular formula is C40H73N5O9. The zero-order valence-corrected chi connectivity index (χ0v) is 33.3. The van der Waals surface area contributed by atoms with Crippen LogP contribution in [-0.2, 0) is 33.6 Å². The molecule has 0 aromatic rings. The predicted molar refractivity (Wildman–Crippen MR) is 209 cm³/mol. The maximum atomic E-state index is 12.4. The SMILES string of the molecule is CC(=O)[C@@H](C)CCCCNC(=O)[C@@H](N)CCCCNC(=O)[C@@H](N)CCCCCC(=O)CC[C@H](NC(=O)CCCCCCCCCCCCC(=O)O)C(=O)O. The van der Waals surface area contributed by atoms with Gasteiger partial charge in [-0.2, -0.15) is 0 Å². The Bertz CT molecular complexity index is 1100. The summed E-state index contributed by atoms with van der Waals surface area (Å²) < 4.78 is 0. The number of unbranched alkanes of at least 4 members (excludes halogenated alkanes) is 13. The Morgan fingerprint density at radius 2 is 0.944 bits per heavy atom. The van der Waals surface area contributed by atoms with Crippen molar-refractivity contribution in [3.63, 3.8) is 0 Å². The Morgan fingerprint density at radius 1 is 0.519 bits per heavy atom. The van der Waals surface area contributed by atoms with Crippen LogP contribution in [0.25, 0.3) is 0 Å². The topological polar surface area (TPSA) is 248 Å². The Kier molecular flexibility index (Phi) is 30.9. The second kappa shape index (κ2) is 33.0. The van der Waals surface area contributed by atoms with Crippen molar-refractivity contribution in [1.29, 1.82) is 0 Å². The third-order valence-corrected chi connectivity index (χ3v) is 9.83. The van der Waals surface area contributed by atoms with Crippen molar-refractivity contribution in [1.82, 2.24) is 16.0 Å². The maximum Gasteiger partial charge on any atom is 0.326 e. The van der Waals surface area contributed by atoms with Crippen LogP contribution in [0.4, 0.5) is 0 Å². The van der Waals surface area contributed by atoms with E-state index in [2.05, 4.69) is 16.0 Å². The molecule has 14 nitrogen and oxygen atoms in total. The molecule has 0 aliphatic carbocycles. The number of nitrogens with one attached hydrogen (secondary N) is 3. The van der Waals surface area contributed by atoms with E-state index in [0.29, 0.717) is 70.9 Å². The van der Waals surface area contributed by atoms with E-state index in [0.717, 1.165) is 77.0 Å². The molecule has 14 heteroatoms. The number of carbonyl (C=O) groups excluding carboxylic acids is 5. The van der Waals surface area contributed by atoms with E-state index in [1.54, 1.807) is 6.92 Å². The molecule has 4 atom stereocenters. The number of carbonyl (C=O) groups is 7. The van der Waals surface area contributed by atoms with Crippen LogP contribution in [-0.4, -0.2) is 82.7 Å². The van der Waals surface area contributed by atoms with Crippen molar-refractivity contribution in [2.75, 3.05) is 13.1 Å². The Labute approximate surface area is 323 Å². The summed E-state index contributed by atoms with van der Waals surface area (Å²) in [6, 6.07) is -2.37. The normalized spacial score (nSPS) is 13.3. The lowest BCUT2D eigenvalue weighted by Gasteiger charge is -2.14. The van der Waals surface area contributed by atoms with Gasteiger partial charge >= 0.3 is 11.9 Å². The summed E-state index contributed by atoms with van der Waals surface area (Å²) in [5, 5.41) is 26.4. The van der Waals surface area contributed by atoms with Crippen LogP contribution in [0.2, 0.25) is 0 Å². The van der Waals surface area contributed by atoms with E-state index in [4.69, 9.17) is 16.6 Å². The molecule has 0 rings (SSSR count). The van der Waals surface area contributed by atoms with Gasteiger partial charge in [0.25, 0.3) is 0 Å². The number of Topliss-reactive ketones (excluding diaryl/α,β-unsaturated/α-hetero) is 2. The molecule has 0 radical (unpaired) electrons. The third-order valence-electron chi connectivity index (χ3n) is 9.83. The highest BCUT2D eigenvalue weighted by molar-refractivity contribution is 5.85. The van der Waals surface area contributed by atoms with Crippen LogP contribution in [0.15, 0.2) is 0 Å². The molecule has 0 saturated heterocycles. The van der Waals surface area contributed by atoms with E-state index in [1.807, 2.05) is 6.92 Å². The first-order chi connectivity index (χ1) is 25.7. The molecule has 0 aliphatic heterocycles. The first-order valence-electron chi connectivity index (χ1n) is 20.6. The van der Waals surface area contributed by atoms with Crippen LogP contribution >= 0.6 is 0 Å². The van der Waals surface area contributed by atoms with E-state index >= 15 is 0 Å². The number of hydrogen-bond donors (Lipinski definition) is 7. The van der Waals surface area contributed by atoms with Crippen LogP contribution in [0.3, 0.4) is 0 Å². The number of nitrogens with two attached hydrogens (primary N) is 2. The smallest absolute Gasteiger partial charge is 0.326 e. The Hall–Kier alpha value is -3.39. The molecule has 0 saturated carbocycles. The quantitative estimate of drug-likeness (QED) is 0.0411. The summed E-state index contributed by atoms with van der Waals surface area (Å²) in [6.45, 7) is 4.46. The standard InChI is InChI=1S/C40H73N5O9/c1-30(31(2)46)20-16-18-28-43-39(52)34(42)23-17-19-29-44-38(51)33(41)22-13-11-12-21-32(47)26-27-35(40(53)54)45-36(48)24-14-9-7-5-3-4-6-8-10-15-25-37(49)50/h30,33-35H,3-29,41-42H2,1-2H3,(H,43,52)(H,44,51)(H,45,48)(H,49,50)(H,53,54)/t30-,33-,34-,35-/m0/s1. The average Bonchev–Trinajstić information content (AvgIpc) is 3.12. The molecule has 0 aliphatic rings. The average molecular weight is 768 g/mol. The van der Waals surface area contributed by atoms with E-state index in [1.165, 1.54) is 0 Å². The number of carboxylic acids is 2. The number of hydrogen-bond acceptors (Lipinski definition) is 9. The molecule has 312 valence electrons. The van der Waals surface area contributed by atoms with Crippen molar-refractivity contribution >= 4 is 41.2 Å². The van der Waals surface area contributed by atoms with Crippen molar-refractivity contribution in [2.24, 2.45) is 17.4 Å². The first kappa shape index (κ1) is 50.6. The first-order valence-corrected chi connectivity index (χ1v) is 20.6. The van der Waals surface area contributed by atoms with Gasteiger partial charge in [-0.1, -0.05) is 77.6 Å². The van der Waals surface area contributed by atoms with Gasteiger partial charge in [-0.05, 0) is 71.1 Å². The minimum absolute atomic E-state index is 0.0409. The molecule has 0 spiro atoms. The van der Waals surface area contributed by atoms with E-state index < -0.39 is 30.1 Å². The molecule has 0 bridgehead atoms. The number of rotatable bonds is 37. The fourth-order valence-electron chi connectivity index (χ4n) is 6.01. The summed E-state index contributed by atoms with van der Waals surface area (Å²) in [6.07, 6.45) is 17.4. The van der Waals surface area contributed by atoms with Crippen LogP contribution in [0, 0.1) is 5.92 Å². The number of ketones is 2. The number of carboxylic acid groups (broad SMARTS) is 2. The summed E-state index contributed by atoms with van der Waals surface area (Å²) in [7, 11) is 0. The minimum atomic E-state index is -1.15. The van der Waals surface area contributed by atoms with Crippen LogP contribution in [0.5, 0.6) is 0 Å². The van der Waals surface area contributed by atoms with Gasteiger partial charge in [-0.3, -0.25) is 28.8 Å². The lowest BCUT2D eigenvalue weighted by molar-refractivity contribution is -0.142. The summed E-state index contributed by atoms with van der Waals surface area (Å²) in [4.78, 5) is 82.6. The number of aliphatic carboxylic acids is 2. The predicted octanol–water partition coefficient (Wildman–Crippen LogP) is 5.07. The molecular weight excluding hydrogens is 694 g/mol. The van der Waals surface area contributed by atoms with Gasteiger partial charge in [0.15, 0.2) is 0 Å². The highest BCUT2D eigenvalue weighted by Crippen LogP contribution is 2.13.